The van der Waals surface area contributed by atoms with Gasteiger partial charge in [0.2, 0.25) is 0 Å². The highest BCUT2D eigenvalue weighted by molar-refractivity contribution is 9.10. The lowest BCUT2D eigenvalue weighted by molar-refractivity contribution is -0.141. The van der Waals surface area contributed by atoms with Crippen molar-refractivity contribution in [3.05, 3.63) is 34.2 Å². The number of benzene rings is 1. The quantitative estimate of drug-likeness (QED) is 0.436. The zero-order chi connectivity index (χ0) is 16.5. The SMILES string of the molecule is COC(=O)CSc1cc(C(F)(F)F)nc2c(F)cc(Br)cc12. The van der Waals surface area contributed by atoms with Gasteiger partial charge in [-0.15, -0.1) is 11.8 Å². The van der Waals surface area contributed by atoms with Crippen LogP contribution in [0.25, 0.3) is 10.9 Å². The fourth-order valence-corrected chi connectivity index (χ4v) is 3.01. The molecule has 2 aromatic rings. The van der Waals surface area contributed by atoms with Crippen LogP contribution >= 0.6 is 27.7 Å². The number of thioether (sulfide) groups is 1. The number of carbonyl (C=O) groups excluding carboxylic acids is 1. The Morgan fingerprint density at radius 3 is 2.64 bits per heavy atom. The molecule has 0 fully saturated rings. The summed E-state index contributed by atoms with van der Waals surface area (Å²) in [5.41, 5.74) is -1.61. The first kappa shape index (κ1) is 17.0. The van der Waals surface area contributed by atoms with Gasteiger partial charge in [0.1, 0.15) is 11.2 Å². The standard InChI is InChI=1S/C13H8BrF4NO2S/c1-21-11(20)5-22-9-4-10(13(16,17)18)19-12-7(9)2-6(14)3-8(12)15/h2-4H,5H2,1H3. The summed E-state index contributed by atoms with van der Waals surface area (Å²) in [6.07, 6.45) is -4.71. The molecule has 0 aliphatic heterocycles. The topological polar surface area (TPSA) is 39.2 Å². The fourth-order valence-electron chi connectivity index (χ4n) is 1.68. The molecule has 0 N–H and O–H groups in total. The molecule has 0 unspecified atom stereocenters. The van der Waals surface area contributed by atoms with Crippen molar-refractivity contribution in [3.8, 4) is 0 Å². The number of carbonyl (C=O) groups is 1. The second-order valence-corrected chi connectivity index (χ2v) is 6.08. The summed E-state index contributed by atoms with van der Waals surface area (Å²) in [5, 5.41) is 0.189. The molecule has 0 spiro atoms. The van der Waals surface area contributed by atoms with Gasteiger partial charge in [-0.1, -0.05) is 15.9 Å². The molecule has 0 saturated carbocycles. The van der Waals surface area contributed by atoms with E-state index >= 15 is 0 Å². The molecule has 9 heteroatoms. The molecular weight excluding hydrogens is 390 g/mol. The zero-order valence-corrected chi connectivity index (χ0v) is 13.4. The number of ether oxygens (including phenoxy) is 1. The largest absolute Gasteiger partial charge is 0.468 e. The number of hydrogen-bond donors (Lipinski definition) is 0. The summed E-state index contributed by atoms with van der Waals surface area (Å²) in [6, 6.07) is 3.28. The monoisotopic (exact) mass is 397 g/mol. The summed E-state index contributed by atoms with van der Waals surface area (Å²) in [7, 11) is 1.17. The third-order valence-corrected chi connectivity index (χ3v) is 4.14. The number of halogens is 5. The fraction of sp³-hybridized carbons (Fsp3) is 0.231. The van der Waals surface area contributed by atoms with E-state index in [4.69, 9.17) is 0 Å². The maximum absolute atomic E-state index is 13.9. The minimum absolute atomic E-state index is 0.0999. The van der Waals surface area contributed by atoms with Gasteiger partial charge in [-0.05, 0) is 18.2 Å². The molecule has 3 nitrogen and oxygen atoms in total. The molecule has 0 atom stereocenters. The van der Waals surface area contributed by atoms with E-state index in [-0.39, 0.29) is 16.0 Å². The molecule has 22 heavy (non-hydrogen) atoms. The first-order valence-corrected chi connectivity index (χ1v) is 7.57. The average molecular weight is 398 g/mol. The lowest BCUT2D eigenvalue weighted by Crippen LogP contribution is -2.09. The second kappa shape index (κ2) is 6.41. The van der Waals surface area contributed by atoms with E-state index in [2.05, 4.69) is 25.7 Å². The normalized spacial score (nSPS) is 11.7. The smallest absolute Gasteiger partial charge is 0.433 e. The number of esters is 1. The van der Waals surface area contributed by atoms with Crippen LogP contribution in [0.4, 0.5) is 17.6 Å². The third-order valence-electron chi connectivity index (χ3n) is 2.66. The van der Waals surface area contributed by atoms with Crippen LogP contribution in [0.15, 0.2) is 27.6 Å². The van der Waals surface area contributed by atoms with Crippen molar-refractivity contribution in [2.45, 2.75) is 11.1 Å². The summed E-state index contributed by atoms with van der Waals surface area (Å²) in [4.78, 5) is 14.6. The van der Waals surface area contributed by atoms with Crippen molar-refractivity contribution in [2.75, 3.05) is 12.9 Å². The van der Waals surface area contributed by atoms with Crippen LogP contribution in [0.3, 0.4) is 0 Å². The molecular formula is C13H8BrF4NO2S. The molecule has 0 saturated heterocycles. The van der Waals surface area contributed by atoms with Gasteiger partial charge in [-0.3, -0.25) is 4.79 Å². The maximum atomic E-state index is 13.9. The predicted octanol–water partition coefficient (Wildman–Crippen LogP) is 4.42. The maximum Gasteiger partial charge on any atom is 0.433 e. The number of pyridine rings is 1. The van der Waals surface area contributed by atoms with Crippen molar-refractivity contribution in [3.63, 3.8) is 0 Å². The van der Waals surface area contributed by atoms with Crippen LogP contribution in [-0.4, -0.2) is 23.8 Å². The van der Waals surface area contributed by atoms with Crippen molar-refractivity contribution >= 4 is 44.6 Å². The van der Waals surface area contributed by atoms with Gasteiger partial charge < -0.3 is 4.74 Å². The lowest BCUT2D eigenvalue weighted by atomic mass is 10.2. The van der Waals surface area contributed by atoms with Crippen molar-refractivity contribution in [2.24, 2.45) is 0 Å². The van der Waals surface area contributed by atoms with Crippen molar-refractivity contribution in [1.82, 2.24) is 4.98 Å². The Morgan fingerprint density at radius 1 is 1.36 bits per heavy atom. The Balaban J connectivity index is 2.62. The Labute approximate surface area is 135 Å². The van der Waals surface area contributed by atoms with E-state index < -0.39 is 29.2 Å². The minimum Gasteiger partial charge on any atom is -0.468 e. The number of rotatable bonds is 3. The molecule has 1 aromatic carbocycles. The first-order valence-electron chi connectivity index (χ1n) is 5.79. The number of fused-ring (bicyclic) bond motifs is 1. The molecule has 1 aromatic heterocycles. The van der Waals surface area contributed by atoms with Crippen LogP contribution in [0.5, 0.6) is 0 Å². The molecule has 1 heterocycles. The number of methoxy groups -OCH3 is 1. The first-order chi connectivity index (χ1) is 10.2. The molecule has 0 bridgehead atoms. The number of alkyl halides is 3. The Kier molecular flexibility index (Phi) is 4.96. The number of hydrogen-bond acceptors (Lipinski definition) is 4. The highest BCUT2D eigenvalue weighted by Crippen LogP contribution is 2.36. The predicted molar refractivity (Wildman–Crippen MR) is 77.1 cm³/mol. The van der Waals surface area contributed by atoms with E-state index in [1.807, 2.05) is 0 Å². The Morgan fingerprint density at radius 2 is 2.05 bits per heavy atom. The lowest BCUT2D eigenvalue weighted by Gasteiger charge is -2.12. The highest BCUT2D eigenvalue weighted by Gasteiger charge is 2.34. The van der Waals surface area contributed by atoms with E-state index in [0.717, 1.165) is 23.9 Å². The Hall–Kier alpha value is -1.35. The summed E-state index contributed by atoms with van der Waals surface area (Å²) >= 11 is 3.91. The van der Waals surface area contributed by atoms with Gasteiger partial charge in [0.05, 0.1) is 12.9 Å². The summed E-state index contributed by atoms with van der Waals surface area (Å²) in [5.74, 6) is -1.67. The van der Waals surface area contributed by atoms with E-state index in [0.29, 0.717) is 4.47 Å². The molecule has 2 rings (SSSR count). The van der Waals surface area contributed by atoms with Crippen LogP contribution in [0, 0.1) is 5.82 Å². The van der Waals surface area contributed by atoms with Gasteiger partial charge in [-0.2, -0.15) is 13.2 Å². The zero-order valence-electron chi connectivity index (χ0n) is 11.0. The molecule has 0 aliphatic carbocycles. The molecule has 0 aliphatic rings. The van der Waals surface area contributed by atoms with Gasteiger partial charge in [0.15, 0.2) is 5.82 Å². The Bertz CT molecular complexity index is 736. The van der Waals surface area contributed by atoms with Gasteiger partial charge in [-0.25, -0.2) is 9.37 Å². The molecule has 118 valence electrons. The van der Waals surface area contributed by atoms with Crippen LogP contribution in [-0.2, 0) is 15.7 Å². The highest BCUT2D eigenvalue weighted by atomic mass is 79.9. The van der Waals surface area contributed by atoms with E-state index in [9.17, 15) is 22.4 Å². The molecule has 0 radical (unpaired) electrons. The molecule has 0 amide bonds. The number of aromatic nitrogens is 1. The van der Waals surface area contributed by atoms with Crippen LogP contribution in [0.1, 0.15) is 5.69 Å². The summed E-state index contributed by atoms with van der Waals surface area (Å²) in [6.45, 7) is 0. The number of nitrogens with zero attached hydrogens (tertiary/aromatic N) is 1. The van der Waals surface area contributed by atoms with E-state index in [1.54, 1.807) is 0 Å². The van der Waals surface area contributed by atoms with Crippen LogP contribution < -0.4 is 0 Å². The summed E-state index contributed by atoms with van der Waals surface area (Å²) < 4.78 is 57.3. The van der Waals surface area contributed by atoms with Gasteiger partial charge >= 0.3 is 12.1 Å². The van der Waals surface area contributed by atoms with Crippen LogP contribution in [0.2, 0.25) is 0 Å². The van der Waals surface area contributed by atoms with E-state index in [1.165, 1.54) is 13.2 Å². The average Bonchev–Trinajstić information content (AvgIpc) is 2.43. The minimum atomic E-state index is -4.71. The second-order valence-electron chi connectivity index (χ2n) is 4.15. The van der Waals surface area contributed by atoms with Crippen molar-refractivity contribution < 1.29 is 27.1 Å². The van der Waals surface area contributed by atoms with Gasteiger partial charge in [0.25, 0.3) is 0 Å². The van der Waals surface area contributed by atoms with Crippen molar-refractivity contribution in [1.29, 1.82) is 0 Å². The van der Waals surface area contributed by atoms with Gasteiger partial charge in [0, 0.05) is 14.8 Å². The third kappa shape index (κ3) is 3.70.